The molecule has 1 aliphatic heterocycles. The first kappa shape index (κ1) is 16.2. The average Bonchev–Trinajstić information content (AvgIpc) is 3.11. The van der Waals surface area contributed by atoms with E-state index in [1.54, 1.807) is 0 Å². The van der Waals surface area contributed by atoms with E-state index in [9.17, 15) is 4.79 Å². The fourth-order valence-electron chi connectivity index (χ4n) is 3.83. The van der Waals surface area contributed by atoms with Crippen LogP contribution in [0.1, 0.15) is 45.1 Å². The van der Waals surface area contributed by atoms with Gasteiger partial charge in [0.15, 0.2) is 0 Å². The van der Waals surface area contributed by atoms with E-state index in [4.69, 9.17) is 12.2 Å². The van der Waals surface area contributed by atoms with Crippen LogP contribution in [0.15, 0.2) is 36.0 Å². The number of hydrogen-bond acceptors (Lipinski definition) is 3. The number of benzene rings is 1. The molecule has 0 atom stereocenters. The van der Waals surface area contributed by atoms with Crippen LogP contribution in [0.4, 0.5) is 5.69 Å². The van der Waals surface area contributed by atoms with Crippen molar-refractivity contribution in [2.45, 2.75) is 44.9 Å². The van der Waals surface area contributed by atoms with Crippen LogP contribution in [0, 0.1) is 5.92 Å². The first-order chi connectivity index (χ1) is 10.9. The second-order valence-electron chi connectivity index (χ2n) is 7.07. The van der Waals surface area contributed by atoms with Crippen LogP contribution in [-0.2, 0) is 10.2 Å². The number of nitrogens with zero attached hydrogens (tertiary/aromatic N) is 1. The molecule has 1 N–H and O–H groups in total. The molecule has 1 heterocycles. The fraction of sp³-hybridized carbons (Fsp3) is 0.474. The van der Waals surface area contributed by atoms with Crippen LogP contribution in [0.25, 0.3) is 0 Å². The molecule has 0 unspecified atom stereocenters. The highest BCUT2D eigenvalue weighted by atomic mass is 32.1. The van der Waals surface area contributed by atoms with Crippen molar-refractivity contribution in [2.75, 3.05) is 11.9 Å². The number of amides is 1. The van der Waals surface area contributed by atoms with E-state index in [1.807, 2.05) is 6.08 Å². The predicted octanol–water partition coefficient (Wildman–Crippen LogP) is 3.93. The summed E-state index contributed by atoms with van der Waals surface area (Å²) < 4.78 is 0. The lowest BCUT2D eigenvalue weighted by atomic mass is 9.84. The van der Waals surface area contributed by atoms with Gasteiger partial charge in [-0.25, -0.2) is 0 Å². The minimum absolute atomic E-state index is 0.0836. The third kappa shape index (κ3) is 2.92. The van der Waals surface area contributed by atoms with Crippen LogP contribution in [-0.4, -0.2) is 17.9 Å². The standard InChI is InChI=1S/C19H24N2OS/c1-19(2)14-10-6-7-11-15(14)21(3)16(19)12-17(23)20-18(22)13-8-4-5-9-13/h6-7,10-13H,4-5,8-9H2,1-3H3,(H,20,22,23)/b16-12-. The van der Waals surface area contributed by atoms with Gasteiger partial charge in [0.1, 0.15) is 4.99 Å². The number of fused-ring (bicyclic) bond motifs is 1. The molecule has 0 saturated heterocycles. The van der Waals surface area contributed by atoms with Gasteiger partial charge in [-0.05, 0) is 30.5 Å². The summed E-state index contributed by atoms with van der Waals surface area (Å²) in [6, 6.07) is 8.40. The summed E-state index contributed by atoms with van der Waals surface area (Å²) in [6.45, 7) is 4.39. The lowest BCUT2D eigenvalue weighted by Gasteiger charge is -2.24. The van der Waals surface area contributed by atoms with Crippen molar-refractivity contribution in [1.82, 2.24) is 5.32 Å². The third-order valence-electron chi connectivity index (χ3n) is 5.18. The van der Waals surface area contributed by atoms with Crippen molar-refractivity contribution in [2.24, 2.45) is 5.92 Å². The van der Waals surface area contributed by atoms with Crippen molar-refractivity contribution in [3.8, 4) is 0 Å². The van der Waals surface area contributed by atoms with Crippen LogP contribution in [0.2, 0.25) is 0 Å². The third-order valence-corrected chi connectivity index (χ3v) is 5.40. The van der Waals surface area contributed by atoms with Crippen LogP contribution >= 0.6 is 12.2 Å². The molecule has 1 saturated carbocycles. The van der Waals surface area contributed by atoms with E-state index in [2.05, 4.69) is 55.4 Å². The van der Waals surface area contributed by atoms with E-state index in [0.717, 1.165) is 31.4 Å². The molecule has 1 fully saturated rings. The van der Waals surface area contributed by atoms with Gasteiger partial charge >= 0.3 is 0 Å². The highest BCUT2D eigenvalue weighted by Crippen LogP contribution is 2.46. The number of nitrogens with one attached hydrogen (secondary N) is 1. The van der Waals surface area contributed by atoms with E-state index in [-0.39, 0.29) is 17.2 Å². The molecule has 1 aliphatic carbocycles. The number of rotatable bonds is 2. The average molecular weight is 328 g/mol. The van der Waals surface area contributed by atoms with Crippen molar-refractivity contribution in [3.05, 3.63) is 41.6 Å². The molecule has 3 nitrogen and oxygen atoms in total. The Morgan fingerprint density at radius 2 is 1.96 bits per heavy atom. The lowest BCUT2D eigenvalue weighted by molar-refractivity contribution is -0.123. The maximum absolute atomic E-state index is 12.2. The molecule has 4 heteroatoms. The minimum atomic E-state index is -0.118. The van der Waals surface area contributed by atoms with Crippen molar-refractivity contribution < 1.29 is 4.79 Å². The SMILES string of the molecule is CN1/C(=C\C(=S)NC(=O)C2CCCC2)C(C)(C)c2ccccc21. The molecular formula is C19H24N2OS. The van der Waals surface area contributed by atoms with Gasteiger partial charge < -0.3 is 10.2 Å². The minimum Gasteiger partial charge on any atom is -0.347 e. The Morgan fingerprint density at radius 3 is 2.61 bits per heavy atom. The summed E-state index contributed by atoms with van der Waals surface area (Å²) in [7, 11) is 2.06. The van der Waals surface area contributed by atoms with Gasteiger partial charge in [0.2, 0.25) is 5.91 Å². The number of likely N-dealkylation sites (N-methyl/N-ethyl adjacent to an activating group) is 1. The van der Waals surface area contributed by atoms with E-state index in [1.165, 1.54) is 11.3 Å². The van der Waals surface area contributed by atoms with Gasteiger partial charge in [-0.2, -0.15) is 0 Å². The van der Waals surface area contributed by atoms with Gasteiger partial charge in [-0.1, -0.05) is 57.1 Å². The van der Waals surface area contributed by atoms with Gasteiger partial charge in [-0.15, -0.1) is 0 Å². The maximum Gasteiger partial charge on any atom is 0.228 e. The summed E-state index contributed by atoms with van der Waals surface area (Å²) in [6.07, 6.45) is 6.22. The molecule has 2 aliphatic rings. The largest absolute Gasteiger partial charge is 0.347 e. The highest BCUT2D eigenvalue weighted by Gasteiger charge is 2.38. The van der Waals surface area contributed by atoms with Crippen molar-refractivity contribution in [1.29, 1.82) is 0 Å². The summed E-state index contributed by atoms with van der Waals surface area (Å²) in [5.74, 6) is 0.221. The Kier molecular flexibility index (Phi) is 4.28. The second-order valence-corrected chi connectivity index (χ2v) is 7.51. The Labute approximate surface area is 143 Å². The monoisotopic (exact) mass is 328 g/mol. The van der Waals surface area contributed by atoms with Gasteiger partial charge in [-0.3, -0.25) is 4.79 Å². The predicted molar refractivity (Wildman–Crippen MR) is 98.7 cm³/mol. The molecule has 1 aromatic carbocycles. The molecular weight excluding hydrogens is 304 g/mol. The van der Waals surface area contributed by atoms with E-state index < -0.39 is 0 Å². The number of thiocarbonyl (C=S) groups is 1. The Hall–Kier alpha value is -1.68. The molecule has 0 radical (unpaired) electrons. The van der Waals surface area contributed by atoms with Crippen LogP contribution < -0.4 is 10.2 Å². The summed E-state index contributed by atoms with van der Waals surface area (Å²) in [5, 5.41) is 2.92. The zero-order valence-electron chi connectivity index (χ0n) is 14.1. The highest BCUT2D eigenvalue weighted by molar-refractivity contribution is 7.80. The first-order valence-corrected chi connectivity index (χ1v) is 8.72. The zero-order valence-corrected chi connectivity index (χ0v) is 14.9. The van der Waals surface area contributed by atoms with E-state index in [0.29, 0.717) is 4.99 Å². The zero-order chi connectivity index (χ0) is 16.6. The molecule has 122 valence electrons. The molecule has 3 rings (SSSR count). The molecule has 0 bridgehead atoms. The number of hydrogen-bond donors (Lipinski definition) is 1. The first-order valence-electron chi connectivity index (χ1n) is 8.31. The quantitative estimate of drug-likeness (QED) is 0.659. The Morgan fingerprint density at radius 1 is 1.30 bits per heavy atom. The maximum atomic E-state index is 12.2. The second kappa shape index (κ2) is 6.08. The number of carbonyl (C=O) groups excluding carboxylic acids is 1. The molecule has 0 aromatic heterocycles. The van der Waals surface area contributed by atoms with Crippen LogP contribution in [0.3, 0.4) is 0 Å². The van der Waals surface area contributed by atoms with Crippen molar-refractivity contribution in [3.63, 3.8) is 0 Å². The van der Waals surface area contributed by atoms with Gasteiger partial charge in [0.05, 0.1) is 0 Å². The van der Waals surface area contributed by atoms with Crippen molar-refractivity contribution >= 4 is 28.8 Å². The normalized spacial score (nSPS) is 21.5. The number of carbonyl (C=O) groups is 1. The number of anilines is 1. The number of para-hydroxylation sites is 1. The molecule has 1 amide bonds. The van der Waals surface area contributed by atoms with Gasteiger partial charge in [0.25, 0.3) is 0 Å². The summed E-state index contributed by atoms with van der Waals surface area (Å²) in [5.41, 5.74) is 3.50. The molecule has 1 aromatic rings. The van der Waals surface area contributed by atoms with E-state index >= 15 is 0 Å². The Balaban J connectivity index is 1.79. The number of allylic oxidation sites excluding steroid dienone is 1. The topological polar surface area (TPSA) is 32.3 Å². The lowest BCUT2D eigenvalue weighted by Crippen LogP contribution is -2.34. The molecule has 0 spiro atoms. The summed E-state index contributed by atoms with van der Waals surface area (Å²) in [4.78, 5) is 14.9. The smallest absolute Gasteiger partial charge is 0.228 e. The fourth-order valence-corrected chi connectivity index (χ4v) is 4.04. The molecule has 23 heavy (non-hydrogen) atoms. The van der Waals surface area contributed by atoms with Gasteiger partial charge in [0, 0.05) is 29.8 Å². The van der Waals surface area contributed by atoms with Crippen LogP contribution in [0.5, 0.6) is 0 Å². The Bertz CT molecular complexity index is 672. The summed E-state index contributed by atoms with van der Waals surface area (Å²) >= 11 is 5.43.